The Bertz CT molecular complexity index is 817. The SMILES string of the molecule is CC.CC(=O)Oc1c(C)cccc1C(=O)Oc1cccc(CO[N+](=O)[O-])c1. The number of rotatable bonds is 6. The van der Waals surface area contributed by atoms with E-state index >= 15 is 0 Å². The lowest BCUT2D eigenvalue weighted by atomic mass is 10.1. The Labute approximate surface area is 156 Å². The average molecular weight is 375 g/mol. The molecule has 0 amide bonds. The third kappa shape index (κ3) is 6.77. The predicted octanol–water partition coefficient (Wildman–Crippen LogP) is 3.87. The number of ether oxygens (including phenoxy) is 2. The van der Waals surface area contributed by atoms with Crippen molar-refractivity contribution < 1.29 is 29.0 Å². The average Bonchev–Trinajstić information content (AvgIpc) is 2.63. The van der Waals surface area contributed by atoms with Crippen LogP contribution in [0.4, 0.5) is 0 Å². The summed E-state index contributed by atoms with van der Waals surface area (Å²) in [6.45, 7) is 6.67. The van der Waals surface area contributed by atoms with Gasteiger partial charge in [0, 0.05) is 6.92 Å². The molecule has 0 atom stereocenters. The molecule has 0 aliphatic carbocycles. The maximum absolute atomic E-state index is 12.4. The molecular formula is C19H21NO7. The monoisotopic (exact) mass is 375 g/mol. The lowest BCUT2D eigenvalue weighted by molar-refractivity contribution is -0.763. The summed E-state index contributed by atoms with van der Waals surface area (Å²) in [4.78, 5) is 38.1. The summed E-state index contributed by atoms with van der Waals surface area (Å²) >= 11 is 0. The molecule has 0 spiro atoms. The highest BCUT2D eigenvalue weighted by Crippen LogP contribution is 2.25. The molecule has 0 saturated heterocycles. The minimum atomic E-state index is -0.906. The number of carbonyl (C=O) groups is 2. The second-order valence-electron chi connectivity index (χ2n) is 5.08. The van der Waals surface area contributed by atoms with Crippen LogP contribution in [0.3, 0.4) is 0 Å². The summed E-state index contributed by atoms with van der Waals surface area (Å²) in [5.74, 6) is -0.952. The fourth-order valence-electron chi connectivity index (χ4n) is 2.08. The van der Waals surface area contributed by atoms with Crippen molar-refractivity contribution in [2.45, 2.75) is 34.3 Å². The van der Waals surface area contributed by atoms with Crippen molar-refractivity contribution in [2.75, 3.05) is 0 Å². The van der Waals surface area contributed by atoms with Gasteiger partial charge in [0.15, 0.2) is 0 Å². The predicted molar refractivity (Wildman–Crippen MR) is 97.0 cm³/mol. The van der Waals surface area contributed by atoms with Crippen molar-refractivity contribution in [3.8, 4) is 11.5 Å². The zero-order chi connectivity index (χ0) is 20.4. The minimum Gasteiger partial charge on any atom is -0.426 e. The first-order chi connectivity index (χ1) is 12.9. The van der Waals surface area contributed by atoms with E-state index in [2.05, 4.69) is 4.84 Å². The van der Waals surface area contributed by atoms with Gasteiger partial charge in [-0.15, -0.1) is 10.1 Å². The molecule has 2 aromatic carbocycles. The van der Waals surface area contributed by atoms with Gasteiger partial charge in [0.2, 0.25) is 0 Å². The molecule has 0 bridgehead atoms. The Morgan fingerprint density at radius 1 is 1.07 bits per heavy atom. The van der Waals surface area contributed by atoms with E-state index < -0.39 is 17.0 Å². The number of para-hydroxylation sites is 1. The number of aryl methyl sites for hydroxylation is 1. The van der Waals surface area contributed by atoms with Crippen LogP contribution in [0.2, 0.25) is 0 Å². The van der Waals surface area contributed by atoms with Crippen molar-refractivity contribution in [3.63, 3.8) is 0 Å². The van der Waals surface area contributed by atoms with Gasteiger partial charge in [0.05, 0.1) is 0 Å². The standard InChI is InChI=1S/C17H15NO7.C2H6/c1-11-5-3-8-15(16(11)24-12(2)19)17(20)25-14-7-4-6-13(9-14)10-23-18(21)22;1-2/h3-9H,10H2,1-2H3;1-2H3. The van der Waals surface area contributed by atoms with Crippen LogP contribution >= 0.6 is 0 Å². The van der Waals surface area contributed by atoms with E-state index in [4.69, 9.17) is 9.47 Å². The van der Waals surface area contributed by atoms with E-state index in [0.29, 0.717) is 11.1 Å². The molecule has 2 aromatic rings. The van der Waals surface area contributed by atoms with Crippen molar-refractivity contribution in [1.29, 1.82) is 0 Å². The van der Waals surface area contributed by atoms with Crippen LogP contribution < -0.4 is 9.47 Å². The summed E-state index contributed by atoms with van der Waals surface area (Å²) < 4.78 is 10.4. The second-order valence-corrected chi connectivity index (χ2v) is 5.08. The zero-order valence-electron chi connectivity index (χ0n) is 15.6. The first-order valence-corrected chi connectivity index (χ1v) is 8.23. The highest BCUT2D eigenvalue weighted by molar-refractivity contribution is 5.95. The quantitative estimate of drug-likeness (QED) is 0.326. The highest BCUT2D eigenvalue weighted by Gasteiger charge is 2.18. The molecule has 0 radical (unpaired) electrons. The Kier molecular flexibility index (Phi) is 8.44. The maximum Gasteiger partial charge on any atom is 0.347 e. The van der Waals surface area contributed by atoms with Gasteiger partial charge in [-0.3, -0.25) is 4.79 Å². The van der Waals surface area contributed by atoms with Gasteiger partial charge in [-0.1, -0.05) is 38.1 Å². The molecule has 0 aliphatic heterocycles. The van der Waals surface area contributed by atoms with Crippen LogP contribution in [-0.4, -0.2) is 17.0 Å². The van der Waals surface area contributed by atoms with Gasteiger partial charge in [-0.2, -0.15) is 0 Å². The third-order valence-electron chi connectivity index (χ3n) is 3.12. The third-order valence-corrected chi connectivity index (χ3v) is 3.12. The largest absolute Gasteiger partial charge is 0.426 e. The van der Waals surface area contributed by atoms with Crippen molar-refractivity contribution in [1.82, 2.24) is 0 Å². The number of benzene rings is 2. The van der Waals surface area contributed by atoms with Gasteiger partial charge >= 0.3 is 11.9 Å². The summed E-state index contributed by atoms with van der Waals surface area (Å²) in [6, 6.07) is 11.0. The van der Waals surface area contributed by atoms with Crippen LogP contribution in [-0.2, 0) is 16.2 Å². The fourth-order valence-corrected chi connectivity index (χ4v) is 2.08. The van der Waals surface area contributed by atoms with Gasteiger partial charge < -0.3 is 14.3 Å². The van der Waals surface area contributed by atoms with Crippen LogP contribution in [0, 0.1) is 17.0 Å². The molecule has 8 nitrogen and oxygen atoms in total. The minimum absolute atomic E-state index is 0.0992. The number of esters is 2. The summed E-state index contributed by atoms with van der Waals surface area (Å²) in [6.07, 6.45) is 0. The topological polar surface area (TPSA) is 105 Å². The maximum atomic E-state index is 12.4. The van der Waals surface area contributed by atoms with Gasteiger partial charge in [-0.05, 0) is 36.2 Å². The molecule has 0 unspecified atom stereocenters. The van der Waals surface area contributed by atoms with Crippen LogP contribution in [0.5, 0.6) is 11.5 Å². The first-order valence-electron chi connectivity index (χ1n) is 8.23. The Morgan fingerprint density at radius 3 is 2.37 bits per heavy atom. The van der Waals surface area contributed by atoms with Gasteiger partial charge in [0.25, 0.3) is 5.09 Å². The molecule has 0 heterocycles. The van der Waals surface area contributed by atoms with Gasteiger partial charge in [-0.25, -0.2) is 4.79 Å². The lowest BCUT2D eigenvalue weighted by Gasteiger charge is -2.11. The van der Waals surface area contributed by atoms with E-state index in [9.17, 15) is 19.7 Å². The van der Waals surface area contributed by atoms with Crippen molar-refractivity contribution >= 4 is 11.9 Å². The Hall–Kier alpha value is -3.42. The normalized spacial score (nSPS) is 9.48. The Morgan fingerprint density at radius 2 is 1.74 bits per heavy atom. The van der Waals surface area contributed by atoms with E-state index in [1.807, 2.05) is 13.8 Å². The molecule has 144 valence electrons. The van der Waals surface area contributed by atoms with Crippen molar-refractivity contribution in [3.05, 3.63) is 69.3 Å². The number of nitrogens with zero attached hydrogens (tertiary/aromatic N) is 1. The molecule has 0 aliphatic rings. The van der Waals surface area contributed by atoms with Crippen LogP contribution in [0.25, 0.3) is 0 Å². The molecule has 0 N–H and O–H groups in total. The van der Waals surface area contributed by atoms with E-state index in [0.717, 1.165) is 0 Å². The number of hydrogen-bond acceptors (Lipinski definition) is 7. The highest BCUT2D eigenvalue weighted by atomic mass is 16.9. The summed E-state index contributed by atoms with van der Waals surface area (Å²) in [5.41, 5.74) is 1.17. The number of hydrogen-bond donors (Lipinski definition) is 0. The van der Waals surface area contributed by atoms with Crippen LogP contribution in [0.1, 0.15) is 42.3 Å². The lowest BCUT2D eigenvalue weighted by Crippen LogP contribution is -2.13. The first kappa shape index (κ1) is 21.6. The van der Waals surface area contributed by atoms with Gasteiger partial charge in [0.1, 0.15) is 23.7 Å². The second kappa shape index (κ2) is 10.5. The fraction of sp³-hybridized carbons (Fsp3) is 0.263. The summed E-state index contributed by atoms with van der Waals surface area (Å²) in [5, 5.41) is 9.33. The van der Waals surface area contributed by atoms with Crippen molar-refractivity contribution in [2.24, 2.45) is 0 Å². The molecule has 0 saturated carbocycles. The summed E-state index contributed by atoms with van der Waals surface area (Å²) in [7, 11) is 0. The number of carbonyl (C=O) groups excluding carboxylic acids is 2. The molecule has 8 heteroatoms. The van der Waals surface area contributed by atoms with E-state index in [-0.39, 0.29) is 23.7 Å². The smallest absolute Gasteiger partial charge is 0.347 e. The van der Waals surface area contributed by atoms with Crippen LogP contribution in [0.15, 0.2) is 42.5 Å². The molecule has 0 aromatic heterocycles. The molecule has 0 fully saturated rings. The Balaban J connectivity index is 0.00000176. The zero-order valence-corrected chi connectivity index (χ0v) is 15.6. The molecule has 2 rings (SSSR count). The molecule has 27 heavy (non-hydrogen) atoms. The van der Waals surface area contributed by atoms with E-state index in [1.54, 1.807) is 31.2 Å². The van der Waals surface area contributed by atoms with E-state index in [1.165, 1.54) is 25.1 Å². The molecular weight excluding hydrogens is 354 g/mol.